The van der Waals surface area contributed by atoms with Gasteiger partial charge in [0.1, 0.15) is 0 Å². The van der Waals surface area contributed by atoms with Gasteiger partial charge in [0.05, 0.1) is 54.1 Å². The predicted molar refractivity (Wildman–Crippen MR) is 137 cm³/mol. The molecule has 0 bridgehead atoms. The minimum Gasteiger partial charge on any atom is -0.472 e. The van der Waals surface area contributed by atoms with Crippen molar-refractivity contribution < 1.29 is 9.21 Å². The van der Waals surface area contributed by atoms with Crippen LogP contribution in [-0.4, -0.2) is 61.6 Å². The molecule has 0 aliphatic heterocycles. The highest BCUT2D eigenvalue weighted by Crippen LogP contribution is 2.34. The summed E-state index contributed by atoms with van der Waals surface area (Å²) in [6.45, 7) is 0.290. The molecule has 6 heterocycles. The normalized spacial score (nSPS) is 11.5. The lowest BCUT2D eigenvalue weighted by Crippen LogP contribution is -2.27. The molecule has 6 aromatic rings. The zero-order valence-corrected chi connectivity index (χ0v) is 19.6. The Morgan fingerprint density at radius 2 is 1.86 bits per heavy atom. The van der Waals surface area contributed by atoms with Crippen LogP contribution in [0.1, 0.15) is 0 Å². The van der Waals surface area contributed by atoms with E-state index in [1.54, 1.807) is 37.3 Å². The summed E-state index contributed by atoms with van der Waals surface area (Å²) in [5, 5.41) is 12.3. The van der Waals surface area contributed by atoms with Crippen LogP contribution >= 0.6 is 0 Å². The van der Waals surface area contributed by atoms with Gasteiger partial charge in [0.15, 0.2) is 5.65 Å². The lowest BCUT2D eigenvalue weighted by molar-refractivity contribution is -0.116. The monoisotopic (exact) mass is 478 g/mol. The van der Waals surface area contributed by atoms with Crippen molar-refractivity contribution in [2.45, 2.75) is 0 Å². The SMILES string of the molecule is CN(C)CC(=O)Nc1cncc(-c2cnc3n[nH]c(-c4cc5c(-c6ccoc6)cncc5[nH]4)c3c2)c1. The summed E-state index contributed by atoms with van der Waals surface area (Å²) < 4.78 is 5.26. The van der Waals surface area contributed by atoms with E-state index in [1.807, 2.05) is 43.4 Å². The second-order valence-electron chi connectivity index (χ2n) is 8.79. The van der Waals surface area contributed by atoms with E-state index in [4.69, 9.17) is 4.42 Å². The van der Waals surface area contributed by atoms with Gasteiger partial charge in [-0.25, -0.2) is 4.98 Å². The first kappa shape index (κ1) is 21.7. The van der Waals surface area contributed by atoms with Gasteiger partial charge in [0, 0.05) is 51.6 Å². The number of aromatic amines is 2. The summed E-state index contributed by atoms with van der Waals surface area (Å²) in [6, 6.07) is 7.89. The molecule has 0 spiro atoms. The Kier molecular flexibility index (Phi) is 5.27. The molecular formula is C26H22N8O2. The number of anilines is 1. The fourth-order valence-corrected chi connectivity index (χ4v) is 4.25. The van der Waals surface area contributed by atoms with Gasteiger partial charge in [0.2, 0.25) is 5.91 Å². The van der Waals surface area contributed by atoms with Crippen LogP contribution in [0.3, 0.4) is 0 Å². The summed E-state index contributed by atoms with van der Waals surface area (Å²) in [5.41, 5.74) is 7.45. The number of likely N-dealkylation sites (N-methyl/N-ethyl adjacent to an activating group) is 1. The van der Waals surface area contributed by atoms with E-state index >= 15 is 0 Å². The van der Waals surface area contributed by atoms with Gasteiger partial charge < -0.3 is 19.6 Å². The summed E-state index contributed by atoms with van der Waals surface area (Å²) in [5.74, 6) is -0.104. The molecule has 3 N–H and O–H groups in total. The molecular weight excluding hydrogens is 456 g/mol. The van der Waals surface area contributed by atoms with Gasteiger partial charge in [-0.1, -0.05) is 0 Å². The largest absolute Gasteiger partial charge is 0.472 e. The van der Waals surface area contributed by atoms with E-state index in [2.05, 4.69) is 41.5 Å². The van der Waals surface area contributed by atoms with Gasteiger partial charge in [0.25, 0.3) is 0 Å². The molecule has 1 amide bonds. The lowest BCUT2D eigenvalue weighted by Gasteiger charge is -2.10. The van der Waals surface area contributed by atoms with Crippen LogP contribution in [0.5, 0.6) is 0 Å². The third-order valence-corrected chi connectivity index (χ3v) is 5.87. The molecule has 178 valence electrons. The van der Waals surface area contributed by atoms with Crippen LogP contribution in [0.2, 0.25) is 0 Å². The molecule has 0 aliphatic rings. The maximum atomic E-state index is 12.2. The fourth-order valence-electron chi connectivity index (χ4n) is 4.25. The summed E-state index contributed by atoms with van der Waals surface area (Å²) in [7, 11) is 3.69. The molecule has 6 aromatic heterocycles. The van der Waals surface area contributed by atoms with Crippen LogP contribution in [0, 0.1) is 0 Å². The van der Waals surface area contributed by atoms with Crippen molar-refractivity contribution in [2.75, 3.05) is 26.0 Å². The number of nitrogens with one attached hydrogen (secondary N) is 3. The van der Waals surface area contributed by atoms with E-state index in [-0.39, 0.29) is 5.91 Å². The number of hydrogen-bond donors (Lipinski definition) is 3. The molecule has 0 unspecified atom stereocenters. The van der Waals surface area contributed by atoms with Gasteiger partial charge in [-0.2, -0.15) is 5.10 Å². The van der Waals surface area contributed by atoms with Gasteiger partial charge >= 0.3 is 0 Å². The van der Waals surface area contributed by atoms with Crippen LogP contribution in [0.4, 0.5) is 5.69 Å². The van der Waals surface area contributed by atoms with Crippen molar-refractivity contribution in [3.8, 4) is 33.6 Å². The molecule has 0 aromatic carbocycles. The van der Waals surface area contributed by atoms with Crippen molar-refractivity contribution in [3.05, 3.63) is 67.8 Å². The Morgan fingerprint density at radius 1 is 1.00 bits per heavy atom. The summed E-state index contributed by atoms with van der Waals surface area (Å²) in [4.78, 5) is 30.6. The van der Waals surface area contributed by atoms with Crippen LogP contribution in [0.25, 0.3) is 55.6 Å². The summed E-state index contributed by atoms with van der Waals surface area (Å²) in [6.07, 6.45) is 12.1. The maximum Gasteiger partial charge on any atom is 0.238 e. The average molecular weight is 479 g/mol. The zero-order chi connectivity index (χ0) is 24.6. The molecule has 36 heavy (non-hydrogen) atoms. The Morgan fingerprint density at radius 3 is 2.69 bits per heavy atom. The van der Waals surface area contributed by atoms with E-state index in [0.29, 0.717) is 17.9 Å². The number of H-pyrrole nitrogens is 2. The molecule has 0 saturated carbocycles. The molecule has 0 atom stereocenters. The molecule has 0 radical (unpaired) electrons. The van der Waals surface area contributed by atoms with E-state index in [0.717, 1.165) is 49.9 Å². The highest BCUT2D eigenvalue weighted by molar-refractivity contribution is 6.00. The highest BCUT2D eigenvalue weighted by atomic mass is 16.3. The molecule has 0 saturated heterocycles. The molecule has 0 aliphatic carbocycles. The number of pyridine rings is 3. The van der Waals surface area contributed by atoms with Crippen molar-refractivity contribution in [2.24, 2.45) is 0 Å². The van der Waals surface area contributed by atoms with E-state index in [9.17, 15) is 4.79 Å². The Labute approximate surface area is 205 Å². The minimum absolute atomic E-state index is 0.104. The smallest absolute Gasteiger partial charge is 0.238 e. The molecule has 0 fully saturated rings. The fraction of sp³-hybridized carbons (Fsp3) is 0.115. The first-order chi connectivity index (χ1) is 17.5. The number of aromatic nitrogens is 6. The molecule has 10 nitrogen and oxygen atoms in total. The number of furan rings is 1. The van der Waals surface area contributed by atoms with Crippen LogP contribution in [0.15, 0.2) is 72.2 Å². The van der Waals surface area contributed by atoms with Gasteiger partial charge in [-0.05, 0) is 38.4 Å². The lowest BCUT2D eigenvalue weighted by atomic mass is 10.1. The van der Waals surface area contributed by atoms with Crippen molar-refractivity contribution in [3.63, 3.8) is 0 Å². The van der Waals surface area contributed by atoms with Gasteiger partial charge in [-0.3, -0.25) is 19.9 Å². The maximum absolute atomic E-state index is 12.2. The number of carbonyl (C=O) groups is 1. The standard InChI is InChI=1S/C26H22N8O2/c1-34(2)13-24(35)30-18-5-16(8-27-10-18)17-6-20-25(32-33-26(20)29-9-17)22-7-19-21(15-3-4-36-14-15)11-28-12-23(19)31-22/h3-12,14,31H,13H2,1-2H3,(H,30,35)(H,29,32,33). The first-order valence-corrected chi connectivity index (χ1v) is 11.3. The van der Waals surface area contributed by atoms with Gasteiger partial charge in [-0.15, -0.1) is 0 Å². The number of nitrogens with zero attached hydrogens (tertiary/aromatic N) is 5. The zero-order valence-electron chi connectivity index (χ0n) is 19.6. The quantitative estimate of drug-likeness (QED) is 0.325. The molecule has 10 heteroatoms. The number of carbonyl (C=O) groups excluding carboxylic acids is 1. The first-order valence-electron chi connectivity index (χ1n) is 11.3. The number of amides is 1. The Bertz CT molecular complexity index is 1700. The highest BCUT2D eigenvalue weighted by Gasteiger charge is 2.15. The minimum atomic E-state index is -0.104. The van der Waals surface area contributed by atoms with Crippen LogP contribution in [-0.2, 0) is 4.79 Å². The third kappa shape index (κ3) is 3.99. The summed E-state index contributed by atoms with van der Waals surface area (Å²) >= 11 is 0. The Hall–Kier alpha value is -4.83. The van der Waals surface area contributed by atoms with E-state index in [1.165, 1.54) is 0 Å². The number of rotatable bonds is 6. The van der Waals surface area contributed by atoms with Crippen molar-refractivity contribution >= 4 is 33.5 Å². The van der Waals surface area contributed by atoms with Crippen molar-refractivity contribution in [1.29, 1.82) is 0 Å². The van der Waals surface area contributed by atoms with E-state index < -0.39 is 0 Å². The van der Waals surface area contributed by atoms with Crippen LogP contribution < -0.4 is 5.32 Å². The topological polar surface area (TPSA) is 129 Å². The predicted octanol–water partition coefficient (Wildman–Crippen LogP) is 4.32. The van der Waals surface area contributed by atoms with Crippen molar-refractivity contribution in [1.82, 2.24) is 35.0 Å². The Balaban J connectivity index is 1.38. The second-order valence-corrected chi connectivity index (χ2v) is 8.79. The second kappa shape index (κ2) is 8.75. The number of fused-ring (bicyclic) bond motifs is 2. The average Bonchev–Trinajstić information content (AvgIpc) is 3.62. The number of hydrogen-bond acceptors (Lipinski definition) is 7. The molecule has 6 rings (SSSR count). The third-order valence-electron chi connectivity index (χ3n) is 5.87.